The van der Waals surface area contributed by atoms with E-state index >= 15 is 0 Å². The summed E-state index contributed by atoms with van der Waals surface area (Å²) in [5.74, 6) is 0.177. The van der Waals surface area contributed by atoms with Crippen LogP contribution in [-0.2, 0) is 14.3 Å². The van der Waals surface area contributed by atoms with Crippen LogP contribution in [0.5, 0.6) is 0 Å². The number of piperidine rings is 2. The van der Waals surface area contributed by atoms with Gasteiger partial charge in [-0.3, -0.25) is 9.59 Å². The van der Waals surface area contributed by atoms with E-state index in [0.717, 1.165) is 38.9 Å². The van der Waals surface area contributed by atoms with E-state index in [2.05, 4.69) is 10.6 Å². The average Bonchev–Trinajstić information content (AvgIpc) is 2.55. The third-order valence-electron chi connectivity index (χ3n) is 4.74. The number of hydrogen-bond donors (Lipinski definition) is 2. The maximum absolute atomic E-state index is 12.9. The first-order valence-electron chi connectivity index (χ1n) is 8.46. The zero-order valence-corrected chi connectivity index (χ0v) is 13.8. The fourth-order valence-corrected chi connectivity index (χ4v) is 3.43. The minimum absolute atomic E-state index is 0.0763. The van der Waals surface area contributed by atoms with Crippen molar-refractivity contribution >= 4 is 11.8 Å². The van der Waals surface area contributed by atoms with Crippen LogP contribution in [0.25, 0.3) is 0 Å². The summed E-state index contributed by atoms with van der Waals surface area (Å²) in [6.07, 6.45) is 4.71. The van der Waals surface area contributed by atoms with Gasteiger partial charge in [0.1, 0.15) is 5.60 Å². The standard InChI is InChI=1S/C16H29N3O3/c1-3-5-14(20)18-13-6-4-11-19(12-13)15(21)16(22-2)7-9-17-10-8-16/h13,17H,3-12H2,1-2H3,(H,18,20). The largest absolute Gasteiger partial charge is 0.368 e. The molecule has 2 aliphatic heterocycles. The summed E-state index contributed by atoms with van der Waals surface area (Å²) in [5.41, 5.74) is -0.680. The molecule has 2 N–H and O–H groups in total. The number of ether oxygens (including phenoxy) is 1. The lowest BCUT2D eigenvalue weighted by Crippen LogP contribution is -2.59. The third-order valence-corrected chi connectivity index (χ3v) is 4.74. The number of hydrogen-bond acceptors (Lipinski definition) is 4. The van der Waals surface area contributed by atoms with Crippen LogP contribution in [0.1, 0.15) is 45.4 Å². The Morgan fingerprint density at radius 2 is 2.09 bits per heavy atom. The molecule has 126 valence electrons. The number of carbonyl (C=O) groups excluding carboxylic acids is 2. The first kappa shape index (κ1) is 17.2. The van der Waals surface area contributed by atoms with Crippen LogP contribution >= 0.6 is 0 Å². The Morgan fingerprint density at radius 1 is 1.36 bits per heavy atom. The van der Waals surface area contributed by atoms with Gasteiger partial charge in [-0.25, -0.2) is 0 Å². The Balaban J connectivity index is 1.95. The molecule has 0 aliphatic carbocycles. The number of nitrogens with one attached hydrogen (secondary N) is 2. The van der Waals surface area contributed by atoms with Gasteiger partial charge in [-0.05, 0) is 45.2 Å². The first-order valence-corrected chi connectivity index (χ1v) is 8.46. The summed E-state index contributed by atoms with van der Waals surface area (Å²) in [5, 5.41) is 6.32. The van der Waals surface area contributed by atoms with Crippen LogP contribution in [0.4, 0.5) is 0 Å². The molecule has 1 atom stereocenters. The summed E-state index contributed by atoms with van der Waals surface area (Å²) < 4.78 is 5.63. The van der Waals surface area contributed by atoms with E-state index in [9.17, 15) is 9.59 Å². The summed E-state index contributed by atoms with van der Waals surface area (Å²) in [4.78, 5) is 26.6. The van der Waals surface area contributed by atoms with Crippen molar-refractivity contribution in [1.82, 2.24) is 15.5 Å². The van der Waals surface area contributed by atoms with Gasteiger partial charge < -0.3 is 20.3 Å². The smallest absolute Gasteiger partial charge is 0.254 e. The molecule has 0 spiro atoms. The third kappa shape index (κ3) is 3.98. The average molecular weight is 311 g/mol. The van der Waals surface area contributed by atoms with Crippen molar-refractivity contribution in [1.29, 1.82) is 0 Å². The predicted octanol–water partition coefficient (Wildman–Crippen LogP) is 0.662. The van der Waals surface area contributed by atoms with Gasteiger partial charge in [-0.2, -0.15) is 0 Å². The monoisotopic (exact) mass is 311 g/mol. The van der Waals surface area contributed by atoms with E-state index in [1.807, 2.05) is 11.8 Å². The van der Waals surface area contributed by atoms with Gasteiger partial charge in [0, 0.05) is 32.7 Å². The molecular formula is C16H29N3O3. The molecule has 2 amide bonds. The quantitative estimate of drug-likeness (QED) is 0.782. The van der Waals surface area contributed by atoms with Gasteiger partial charge in [0.05, 0.1) is 0 Å². The summed E-state index contributed by atoms with van der Waals surface area (Å²) >= 11 is 0. The van der Waals surface area contributed by atoms with Gasteiger partial charge in [-0.1, -0.05) is 6.92 Å². The molecule has 2 rings (SSSR count). The highest BCUT2D eigenvalue weighted by atomic mass is 16.5. The highest BCUT2D eigenvalue weighted by molar-refractivity contribution is 5.85. The number of rotatable bonds is 5. The van der Waals surface area contributed by atoms with Gasteiger partial charge in [0.25, 0.3) is 5.91 Å². The number of likely N-dealkylation sites (tertiary alicyclic amines) is 1. The number of nitrogens with zero attached hydrogens (tertiary/aromatic N) is 1. The van der Waals surface area contributed by atoms with Crippen molar-refractivity contribution in [2.24, 2.45) is 0 Å². The van der Waals surface area contributed by atoms with Gasteiger partial charge in [0.15, 0.2) is 0 Å². The highest BCUT2D eigenvalue weighted by Gasteiger charge is 2.43. The van der Waals surface area contributed by atoms with Crippen molar-refractivity contribution in [3.8, 4) is 0 Å². The van der Waals surface area contributed by atoms with E-state index in [4.69, 9.17) is 4.74 Å². The van der Waals surface area contributed by atoms with E-state index in [1.165, 1.54) is 0 Å². The molecule has 2 fully saturated rings. The van der Waals surface area contributed by atoms with Crippen LogP contribution in [-0.4, -0.2) is 61.6 Å². The fraction of sp³-hybridized carbons (Fsp3) is 0.875. The lowest BCUT2D eigenvalue weighted by atomic mass is 9.89. The molecule has 0 aromatic heterocycles. The second kappa shape index (κ2) is 7.92. The topological polar surface area (TPSA) is 70.7 Å². The molecule has 2 aliphatic rings. The van der Waals surface area contributed by atoms with Crippen LogP contribution in [0.3, 0.4) is 0 Å². The van der Waals surface area contributed by atoms with Crippen LogP contribution in [0.15, 0.2) is 0 Å². The highest BCUT2D eigenvalue weighted by Crippen LogP contribution is 2.26. The molecule has 0 saturated carbocycles. The zero-order valence-electron chi connectivity index (χ0n) is 13.8. The number of methoxy groups -OCH3 is 1. The molecule has 0 radical (unpaired) electrons. The van der Waals surface area contributed by atoms with Gasteiger partial charge in [-0.15, -0.1) is 0 Å². The molecule has 0 aromatic carbocycles. The van der Waals surface area contributed by atoms with Crippen molar-refractivity contribution in [2.75, 3.05) is 33.3 Å². The van der Waals surface area contributed by atoms with Crippen LogP contribution in [0.2, 0.25) is 0 Å². The molecule has 6 nitrogen and oxygen atoms in total. The normalized spacial score (nSPS) is 24.8. The Morgan fingerprint density at radius 3 is 2.73 bits per heavy atom. The molecule has 6 heteroatoms. The van der Waals surface area contributed by atoms with Crippen molar-refractivity contribution < 1.29 is 14.3 Å². The molecule has 0 bridgehead atoms. The molecule has 0 aromatic rings. The summed E-state index contributed by atoms with van der Waals surface area (Å²) in [6, 6.07) is 0.0763. The second-order valence-corrected chi connectivity index (χ2v) is 6.36. The number of amides is 2. The van der Waals surface area contributed by atoms with Gasteiger partial charge in [0.2, 0.25) is 5.91 Å². The zero-order chi connectivity index (χ0) is 16.0. The van der Waals surface area contributed by atoms with E-state index in [0.29, 0.717) is 25.8 Å². The maximum atomic E-state index is 12.9. The summed E-state index contributed by atoms with van der Waals surface area (Å²) in [6.45, 7) is 4.98. The van der Waals surface area contributed by atoms with E-state index in [-0.39, 0.29) is 17.9 Å². The van der Waals surface area contributed by atoms with E-state index < -0.39 is 5.60 Å². The van der Waals surface area contributed by atoms with Gasteiger partial charge >= 0.3 is 0 Å². The van der Waals surface area contributed by atoms with Crippen molar-refractivity contribution in [2.45, 2.75) is 57.1 Å². The Kier molecular flexibility index (Phi) is 6.20. The molecule has 1 unspecified atom stereocenters. The minimum Gasteiger partial charge on any atom is -0.368 e. The molecule has 2 heterocycles. The lowest BCUT2D eigenvalue weighted by molar-refractivity contribution is -0.160. The SMILES string of the molecule is CCCC(=O)NC1CCCN(C(=O)C2(OC)CCNCC2)C1. The predicted molar refractivity (Wildman–Crippen MR) is 84.5 cm³/mol. The Bertz CT molecular complexity index is 394. The molecule has 22 heavy (non-hydrogen) atoms. The Hall–Kier alpha value is -1.14. The van der Waals surface area contributed by atoms with Crippen molar-refractivity contribution in [3.63, 3.8) is 0 Å². The maximum Gasteiger partial charge on any atom is 0.254 e. The van der Waals surface area contributed by atoms with E-state index in [1.54, 1.807) is 7.11 Å². The first-order chi connectivity index (χ1) is 10.6. The second-order valence-electron chi connectivity index (χ2n) is 6.36. The van der Waals surface area contributed by atoms with Crippen LogP contribution in [0, 0.1) is 0 Å². The minimum atomic E-state index is -0.680. The molecule has 2 saturated heterocycles. The van der Waals surface area contributed by atoms with Crippen molar-refractivity contribution in [3.05, 3.63) is 0 Å². The number of carbonyl (C=O) groups is 2. The molecular weight excluding hydrogens is 282 g/mol. The Labute approximate surface area is 132 Å². The van der Waals surface area contributed by atoms with Crippen LogP contribution < -0.4 is 10.6 Å². The fourth-order valence-electron chi connectivity index (χ4n) is 3.43. The summed E-state index contributed by atoms with van der Waals surface area (Å²) in [7, 11) is 1.63. The lowest BCUT2D eigenvalue weighted by Gasteiger charge is -2.41.